The zero-order chi connectivity index (χ0) is 28.2. The van der Waals surface area contributed by atoms with Crippen LogP contribution in [0.25, 0.3) is 0 Å². The molecule has 0 aliphatic rings. The standard InChI is InChI=1S/C39H76/c1-3-5-7-9-11-13-15-17-19-21-23-25-27-29-31-33-35-37-39-38-36-34-32-30-28-26-24-22-20-18-16-14-12-10-8-6-4-2/h3-6H,7-39H2,1-2H3. The lowest BCUT2D eigenvalue weighted by Crippen LogP contribution is -1.85. The van der Waals surface area contributed by atoms with E-state index in [9.17, 15) is 0 Å². The molecule has 0 rings (SSSR count). The third-order valence-electron chi connectivity index (χ3n) is 8.71. The molecule has 0 aliphatic heterocycles. The molecule has 0 saturated carbocycles. The molecule has 39 heavy (non-hydrogen) atoms. The molecule has 0 heteroatoms. The minimum Gasteiger partial charge on any atom is -0.0917 e. The lowest BCUT2D eigenvalue weighted by Gasteiger charge is -2.05. The Morgan fingerprint density at radius 1 is 0.205 bits per heavy atom. The normalized spacial score (nSPS) is 11.9. The van der Waals surface area contributed by atoms with Gasteiger partial charge in [-0.2, -0.15) is 0 Å². The van der Waals surface area contributed by atoms with E-state index in [0.717, 1.165) is 0 Å². The lowest BCUT2D eigenvalue weighted by atomic mass is 10.0. The van der Waals surface area contributed by atoms with Gasteiger partial charge in [0.25, 0.3) is 0 Å². The summed E-state index contributed by atoms with van der Waals surface area (Å²) in [6.07, 6.45) is 57.2. The molecule has 0 aromatic carbocycles. The van der Waals surface area contributed by atoms with Gasteiger partial charge in [-0.15, -0.1) is 0 Å². The van der Waals surface area contributed by atoms with Crippen LogP contribution in [0.5, 0.6) is 0 Å². The van der Waals surface area contributed by atoms with Gasteiger partial charge in [0.1, 0.15) is 0 Å². The Labute approximate surface area is 249 Å². The molecule has 0 bridgehead atoms. The predicted octanol–water partition coefficient (Wildman–Crippen LogP) is 15.0. The minimum absolute atomic E-state index is 1.29. The number of unbranched alkanes of at least 4 members (excludes halogenated alkanes) is 32. The van der Waals surface area contributed by atoms with Crippen LogP contribution in [0.1, 0.15) is 226 Å². The smallest absolute Gasteiger partial charge is 0.0351 e. The molecule has 0 saturated heterocycles. The van der Waals surface area contributed by atoms with E-state index in [1.807, 2.05) is 0 Å². The van der Waals surface area contributed by atoms with Gasteiger partial charge in [0, 0.05) is 0 Å². The second-order valence-electron chi connectivity index (χ2n) is 12.7. The van der Waals surface area contributed by atoms with Crippen molar-refractivity contribution in [1.82, 2.24) is 0 Å². The van der Waals surface area contributed by atoms with E-state index >= 15 is 0 Å². The van der Waals surface area contributed by atoms with Crippen LogP contribution in [0, 0.1) is 0 Å². The average molecular weight is 545 g/mol. The Morgan fingerprint density at radius 3 is 0.462 bits per heavy atom. The van der Waals surface area contributed by atoms with Crippen LogP contribution < -0.4 is 0 Å². The highest BCUT2D eigenvalue weighted by Gasteiger charge is 1.97. The van der Waals surface area contributed by atoms with Crippen molar-refractivity contribution in [2.24, 2.45) is 0 Å². The third kappa shape index (κ3) is 37.5. The highest BCUT2D eigenvalue weighted by Crippen LogP contribution is 2.17. The fraction of sp³-hybridized carbons (Fsp3) is 0.897. The van der Waals surface area contributed by atoms with E-state index in [1.165, 1.54) is 212 Å². The summed E-state index contributed by atoms with van der Waals surface area (Å²) in [6.45, 7) is 4.26. The van der Waals surface area contributed by atoms with Crippen LogP contribution in [0.4, 0.5) is 0 Å². The first-order valence-corrected chi connectivity index (χ1v) is 18.6. The third-order valence-corrected chi connectivity index (χ3v) is 8.71. The second kappa shape index (κ2) is 37.5. The van der Waals surface area contributed by atoms with Crippen molar-refractivity contribution in [3.8, 4) is 0 Å². The van der Waals surface area contributed by atoms with E-state index in [2.05, 4.69) is 38.2 Å². The molecule has 0 aromatic rings. The summed E-state index contributed by atoms with van der Waals surface area (Å²) in [7, 11) is 0. The molecular weight excluding hydrogens is 468 g/mol. The Hall–Kier alpha value is -0.520. The second-order valence-corrected chi connectivity index (χ2v) is 12.7. The number of rotatable bonds is 34. The summed E-state index contributed by atoms with van der Waals surface area (Å²) >= 11 is 0. The predicted molar refractivity (Wildman–Crippen MR) is 182 cm³/mol. The largest absolute Gasteiger partial charge is 0.0917 e. The lowest BCUT2D eigenvalue weighted by molar-refractivity contribution is 0.512. The van der Waals surface area contributed by atoms with Crippen molar-refractivity contribution >= 4 is 0 Å². The van der Waals surface area contributed by atoms with Gasteiger partial charge < -0.3 is 0 Å². The molecule has 0 atom stereocenters. The minimum atomic E-state index is 1.29. The number of hydrogen-bond donors (Lipinski definition) is 0. The van der Waals surface area contributed by atoms with Crippen molar-refractivity contribution in [3.05, 3.63) is 24.3 Å². The first-order valence-electron chi connectivity index (χ1n) is 18.6. The zero-order valence-corrected chi connectivity index (χ0v) is 27.6. The molecule has 0 radical (unpaired) electrons. The van der Waals surface area contributed by atoms with Crippen LogP contribution in [0.2, 0.25) is 0 Å². The first-order chi connectivity index (χ1) is 19.4. The Morgan fingerprint density at radius 2 is 0.333 bits per heavy atom. The quantitative estimate of drug-likeness (QED) is 0.0558. The molecule has 0 heterocycles. The Balaban J connectivity index is 3.03. The van der Waals surface area contributed by atoms with Crippen LogP contribution in [-0.4, -0.2) is 0 Å². The van der Waals surface area contributed by atoms with Crippen molar-refractivity contribution in [2.75, 3.05) is 0 Å². The Kier molecular flexibility index (Phi) is 37.0. The summed E-state index contributed by atoms with van der Waals surface area (Å²) in [4.78, 5) is 0. The molecule has 0 unspecified atom stereocenters. The summed E-state index contributed by atoms with van der Waals surface area (Å²) in [5, 5.41) is 0. The maximum absolute atomic E-state index is 2.31. The maximum atomic E-state index is 2.31. The number of allylic oxidation sites excluding steroid dienone is 4. The van der Waals surface area contributed by atoms with Crippen molar-refractivity contribution < 1.29 is 0 Å². The molecule has 0 amide bonds. The van der Waals surface area contributed by atoms with Gasteiger partial charge in [-0.1, -0.05) is 211 Å². The highest BCUT2D eigenvalue weighted by atomic mass is 14.0. The van der Waals surface area contributed by atoms with Gasteiger partial charge in [-0.25, -0.2) is 0 Å². The van der Waals surface area contributed by atoms with E-state index < -0.39 is 0 Å². The fourth-order valence-corrected chi connectivity index (χ4v) is 5.98. The Bertz CT molecular complexity index is 417. The molecule has 0 fully saturated rings. The van der Waals surface area contributed by atoms with Crippen LogP contribution in [0.3, 0.4) is 0 Å². The monoisotopic (exact) mass is 545 g/mol. The highest BCUT2D eigenvalue weighted by molar-refractivity contribution is 4.76. The number of hydrogen-bond acceptors (Lipinski definition) is 0. The first kappa shape index (κ1) is 38.5. The summed E-state index contributed by atoms with van der Waals surface area (Å²) < 4.78 is 0. The van der Waals surface area contributed by atoms with Crippen molar-refractivity contribution in [2.45, 2.75) is 226 Å². The average Bonchev–Trinajstić information content (AvgIpc) is 2.95. The van der Waals surface area contributed by atoms with E-state index in [1.54, 1.807) is 0 Å². The van der Waals surface area contributed by atoms with Gasteiger partial charge in [-0.05, 0) is 39.5 Å². The maximum Gasteiger partial charge on any atom is -0.0351 e. The van der Waals surface area contributed by atoms with Gasteiger partial charge in [0.05, 0.1) is 0 Å². The van der Waals surface area contributed by atoms with E-state index in [0.29, 0.717) is 0 Å². The van der Waals surface area contributed by atoms with Crippen molar-refractivity contribution in [3.63, 3.8) is 0 Å². The van der Waals surface area contributed by atoms with Crippen LogP contribution >= 0.6 is 0 Å². The summed E-state index contributed by atoms with van der Waals surface area (Å²) in [6, 6.07) is 0. The van der Waals surface area contributed by atoms with Crippen LogP contribution in [0.15, 0.2) is 24.3 Å². The molecule has 0 aromatic heterocycles. The van der Waals surface area contributed by atoms with Gasteiger partial charge in [-0.3, -0.25) is 0 Å². The topological polar surface area (TPSA) is 0 Å². The SMILES string of the molecule is CC=CCCCCCCCCCCCCCCCCCCCCCCCCCCCCCCCCCC=CC. The van der Waals surface area contributed by atoms with E-state index in [4.69, 9.17) is 0 Å². The molecule has 232 valence electrons. The molecule has 0 N–H and O–H groups in total. The van der Waals surface area contributed by atoms with Crippen LogP contribution in [-0.2, 0) is 0 Å². The summed E-state index contributed by atoms with van der Waals surface area (Å²) in [5.74, 6) is 0. The zero-order valence-electron chi connectivity index (χ0n) is 27.6. The van der Waals surface area contributed by atoms with Gasteiger partial charge in [0.2, 0.25) is 0 Å². The van der Waals surface area contributed by atoms with Gasteiger partial charge >= 0.3 is 0 Å². The van der Waals surface area contributed by atoms with Gasteiger partial charge in [0.15, 0.2) is 0 Å². The molecule has 0 aliphatic carbocycles. The molecular formula is C39H76. The van der Waals surface area contributed by atoms with E-state index in [-0.39, 0.29) is 0 Å². The van der Waals surface area contributed by atoms with Crippen molar-refractivity contribution in [1.29, 1.82) is 0 Å². The summed E-state index contributed by atoms with van der Waals surface area (Å²) in [5.41, 5.74) is 0. The molecule has 0 spiro atoms. The fourth-order valence-electron chi connectivity index (χ4n) is 5.98. The molecule has 0 nitrogen and oxygen atoms in total.